The lowest BCUT2D eigenvalue weighted by Crippen LogP contribution is -2.19. The highest BCUT2D eigenvalue weighted by Gasteiger charge is 2.26. The van der Waals surface area contributed by atoms with Crippen molar-refractivity contribution in [2.45, 2.75) is 73.0 Å². The number of allylic oxidation sites excluding steroid dienone is 1. The van der Waals surface area contributed by atoms with Gasteiger partial charge in [-0.1, -0.05) is 26.8 Å². The minimum atomic E-state index is -0.158. The van der Waals surface area contributed by atoms with Crippen molar-refractivity contribution < 1.29 is 19.0 Å². The molecule has 4 nitrogen and oxygen atoms in total. The fraction of sp³-hybridized carbons (Fsp3) is 0.444. The average molecular weight is 425 g/mol. The lowest BCUT2D eigenvalue weighted by Gasteiger charge is -2.28. The molecule has 0 atom stereocenters. The second kappa shape index (κ2) is 10.5. The summed E-state index contributed by atoms with van der Waals surface area (Å²) >= 11 is 0. The molecular weight excluding hydrogens is 388 g/mol. The van der Waals surface area contributed by atoms with Crippen molar-refractivity contribution in [1.29, 1.82) is 0 Å². The summed E-state index contributed by atoms with van der Waals surface area (Å²) in [5, 5.41) is 0. The molecule has 0 aromatic heterocycles. The normalized spacial score (nSPS) is 11.9. The van der Waals surface area contributed by atoms with Gasteiger partial charge in [-0.05, 0) is 88.1 Å². The summed E-state index contributed by atoms with van der Waals surface area (Å²) in [6, 6.07) is 11.1. The Labute approximate surface area is 187 Å². The van der Waals surface area contributed by atoms with Gasteiger partial charge in [0, 0.05) is 11.1 Å². The summed E-state index contributed by atoms with van der Waals surface area (Å²) in [6.07, 6.45) is 3.45. The van der Waals surface area contributed by atoms with Gasteiger partial charge in [-0.2, -0.15) is 0 Å². The van der Waals surface area contributed by atoms with Gasteiger partial charge in [0.25, 0.3) is 0 Å². The molecule has 2 aromatic rings. The second-order valence-electron chi connectivity index (χ2n) is 9.13. The maximum Gasteiger partial charge on any atom is 0.185 e. The van der Waals surface area contributed by atoms with E-state index in [9.17, 15) is 4.79 Å². The van der Waals surface area contributed by atoms with Crippen LogP contribution in [0.5, 0.6) is 17.2 Å². The number of rotatable bonds is 9. The molecule has 0 heterocycles. The lowest BCUT2D eigenvalue weighted by molar-refractivity contribution is 0.104. The number of carbonyl (C=O) groups is 1. The minimum Gasteiger partial charge on any atom is -0.494 e. The lowest BCUT2D eigenvalue weighted by atomic mass is 9.84. The zero-order chi connectivity index (χ0) is 23.2. The van der Waals surface area contributed by atoms with Crippen LogP contribution >= 0.6 is 0 Å². The largest absolute Gasteiger partial charge is 0.494 e. The van der Waals surface area contributed by atoms with Crippen molar-refractivity contribution in [1.82, 2.24) is 0 Å². The Balaban J connectivity index is 2.41. The van der Waals surface area contributed by atoms with E-state index in [1.807, 2.05) is 65.0 Å². The third-order valence-electron chi connectivity index (χ3n) is 4.44. The molecule has 0 N–H and O–H groups in total. The molecule has 0 aliphatic heterocycles. The van der Waals surface area contributed by atoms with Crippen LogP contribution in [0, 0.1) is 0 Å². The van der Waals surface area contributed by atoms with Crippen LogP contribution in [0.3, 0.4) is 0 Å². The summed E-state index contributed by atoms with van der Waals surface area (Å²) in [5.74, 6) is 2.26. The van der Waals surface area contributed by atoms with Crippen LogP contribution in [-0.4, -0.2) is 24.6 Å². The molecule has 0 saturated heterocycles. The second-order valence-corrected chi connectivity index (χ2v) is 9.13. The monoisotopic (exact) mass is 424 g/mol. The van der Waals surface area contributed by atoms with E-state index < -0.39 is 0 Å². The van der Waals surface area contributed by atoms with E-state index in [1.54, 1.807) is 18.2 Å². The number of ketones is 1. The van der Waals surface area contributed by atoms with Gasteiger partial charge >= 0.3 is 0 Å². The first-order chi connectivity index (χ1) is 14.5. The van der Waals surface area contributed by atoms with Crippen molar-refractivity contribution in [2.75, 3.05) is 6.61 Å². The maximum atomic E-state index is 12.6. The van der Waals surface area contributed by atoms with Crippen LogP contribution in [0.4, 0.5) is 0 Å². The highest BCUT2D eigenvalue weighted by Crippen LogP contribution is 2.41. The van der Waals surface area contributed by atoms with Gasteiger partial charge in [0.1, 0.15) is 17.2 Å². The van der Waals surface area contributed by atoms with Gasteiger partial charge in [0.2, 0.25) is 0 Å². The highest BCUT2D eigenvalue weighted by molar-refractivity contribution is 6.06. The van der Waals surface area contributed by atoms with E-state index in [0.29, 0.717) is 12.2 Å². The Bertz CT molecular complexity index is 869. The molecular formula is C27H36O4. The molecule has 31 heavy (non-hydrogen) atoms. The molecule has 0 fully saturated rings. The predicted octanol–water partition coefficient (Wildman–Crippen LogP) is 6.85. The van der Waals surface area contributed by atoms with Crippen molar-refractivity contribution in [2.24, 2.45) is 0 Å². The zero-order valence-corrected chi connectivity index (χ0v) is 20.1. The topological polar surface area (TPSA) is 44.8 Å². The Kier molecular flexibility index (Phi) is 8.32. The quantitative estimate of drug-likeness (QED) is 0.326. The fourth-order valence-electron chi connectivity index (χ4n) is 3.29. The third-order valence-corrected chi connectivity index (χ3v) is 4.44. The summed E-state index contributed by atoms with van der Waals surface area (Å²) < 4.78 is 17.7. The van der Waals surface area contributed by atoms with Crippen molar-refractivity contribution in [3.63, 3.8) is 0 Å². The van der Waals surface area contributed by atoms with Gasteiger partial charge in [-0.15, -0.1) is 0 Å². The van der Waals surface area contributed by atoms with Gasteiger partial charge in [-0.25, -0.2) is 0 Å². The van der Waals surface area contributed by atoms with Gasteiger partial charge in [-0.3, -0.25) is 4.79 Å². The smallest absolute Gasteiger partial charge is 0.185 e. The molecule has 0 spiro atoms. The molecule has 2 aromatic carbocycles. The standard InChI is InChI=1S/C27H36O4/c1-9-29-22-13-11-21(12-14-22)23(28)15-10-20-16-24(30-18(2)3)26(27(6,7)8)25(17-20)31-19(4)5/h10-19H,9H2,1-8H3. The molecule has 0 radical (unpaired) electrons. The minimum absolute atomic E-state index is 0.0257. The third kappa shape index (κ3) is 7.16. The van der Waals surface area contributed by atoms with E-state index in [-0.39, 0.29) is 23.4 Å². The summed E-state index contributed by atoms with van der Waals surface area (Å²) in [7, 11) is 0. The number of ether oxygens (including phenoxy) is 3. The molecule has 168 valence electrons. The summed E-state index contributed by atoms with van der Waals surface area (Å²) in [6.45, 7) is 17.0. The molecule has 0 unspecified atom stereocenters. The van der Waals surface area contributed by atoms with Crippen molar-refractivity contribution in [3.05, 3.63) is 59.2 Å². The fourth-order valence-corrected chi connectivity index (χ4v) is 3.29. The van der Waals surface area contributed by atoms with E-state index in [2.05, 4.69) is 20.8 Å². The molecule has 0 saturated carbocycles. The first kappa shape index (κ1) is 24.5. The van der Waals surface area contributed by atoms with E-state index in [4.69, 9.17) is 14.2 Å². The van der Waals surface area contributed by atoms with Gasteiger partial charge < -0.3 is 14.2 Å². The van der Waals surface area contributed by atoms with E-state index in [0.717, 1.165) is 28.4 Å². The number of benzene rings is 2. The van der Waals surface area contributed by atoms with E-state index in [1.165, 1.54) is 0 Å². The summed E-state index contributed by atoms with van der Waals surface area (Å²) in [4.78, 5) is 12.6. The van der Waals surface area contributed by atoms with Crippen LogP contribution in [0.15, 0.2) is 42.5 Å². The first-order valence-electron chi connectivity index (χ1n) is 11.0. The Morgan fingerprint density at radius 3 is 1.87 bits per heavy atom. The van der Waals surface area contributed by atoms with Crippen LogP contribution in [0.2, 0.25) is 0 Å². The highest BCUT2D eigenvalue weighted by atomic mass is 16.5. The average Bonchev–Trinajstić information content (AvgIpc) is 2.64. The number of carbonyl (C=O) groups excluding carboxylic acids is 1. The zero-order valence-electron chi connectivity index (χ0n) is 20.1. The summed E-state index contributed by atoms with van der Waals surface area (Å²) in [5.41, 5.74) is 2.35. The predicted molar refractivity (Wildman–Crippen MR) is 128 cm³/mol. The Morgan fingerprint density at radius 1 is 0.935 bits per heavy atom. The van der Waals surface area contributed by atoms with Crippen LogP contribution in [0.1, 0.15) is 76.9 Å². The molecule has 4 heteroatoms. The first-order valence-corrected chi connectivity index (χ1v) is 11.0. The van der Waals surface area contributed by atoms with Crippen molar-refractivity contribution >= 4 is 11.9 Å². The van der Waals surface area contributed by atoms with Gasteiger partial charge in [0.15, 0.2) is 5.78 Å². The Hall–Kier alpha value is -2.75. The van der Waals surface area contributed by atoms with E-state index >= 15 is 0 Å². The molecule has 0 amide bonds. The van der Waals surface area contributed by atoms with Crippen LogP contribution < -0.4 is 14.2 Å². The SMILES string of the molecule is CCOc1ccc(C(=O)C=Cc2cc(OC(C)C)c(C(C)(C)C)c(OC(C)C)c2)cc1. The van der Waals surface area contributed by atoms with Crippen molar-refractivity contribution in [3.8, 4) is 17.2 Å². The number of hydrogen-bond donors (Lipinski definition) is 0. The van der Waals surface area contributed by atoms with Gasteiger partial charge in [0.05, 0.1) is 18.8 Å². The maximum absolute atomic E-state index is 12.6. The molecule has 0 aliphatic carbocycles. The van der Waals surface area contributed by atoms with Crippen LogP contribution in [-0.2, 0) is 5.41 Å². The molecule has 0 bridgehead atoms. The molecule has 2 rings (SSSR count). The molecule has 0 aliphatic rings. The Morgan fingerprint density at radius 2 is 1.45 bits per heavy atom. The number of hydrogen-bond acceptors (Lipinski definition) is 4. The van der Waals surface area contributed by atoms with Crippen LogP contribution in [0.25, 0.3) is 6.08 Å².